The van der Waals surface area contributed by atoms with E-state index in [1.165, 1.54) is 0 Å². The SMILES string of the molecule is CCC(CC)(C(=O)Nc1ccc(Cl)c(Cl)c1)C(N)=S. The predicted octanol–water partition coefficient (Wildman–Crippen LogP) is 4.02. The highest BCUT2D eigenvalue weighted by atomic mass is 35.5. The van der Waals surface area contributed by atoms with Crippen LogP contribution in [0.2, 0.25) is 10.0 Å². The first-order valence-corrected chi connectivity index (χ1v) is 7.10. The molecule has 0 spiro atoms. The largest absolute Gasteiger partial charge is 0.392 e. The van der Waals surface area contributed by atoms with Crippen LogP contribution in [0.25, 0.3) is 0 Å². The Morgan fingerprint density at radius 1 is 1.32 bits per heavy atom. The van der Waals surface area contributed by atoms with Crippen LogP contribution in [-0.4, -0.2) is 10.9 Å². The Morgan fingerprint density at radius 2 is 1.89 bits per heavy atom. The number of anilines is 1. The number of thiocarbonyl (C=S) groups is 1. The molecule has 0 aromatic heterocycles. The molecular formula is C13H16Cl2N2OS. The van der Waals surface area contributed by atoms with Crippen molar-refractivity contribution >= 4 is 52.0 Å². The molecule has 3 nitrogen and oxygen atoms in total. The van der Waals surface area contributed by atoms with Crippen LogP contribution in [0.1, 0.15) is 26.7 Å². The molecule has 0 atom stereocenters. The van der Waals surface area contributed by atoms with E-state index in [9.17, 15) is 4.79 Å². The van der Waals surface area contributed by atoms with E-state index in [0.717, 1.165) is 0 Å². The van der Waals surface area contributed by atoms with Crippen LogP contribution < -0.4 is 11.1 Å². The van der Waals surface area contributed by atoms with E-state index in [4.69, 9.17) is 41.2 Å². The first-order chi connectivity index (χ1) is 8.87. The van der Waals surface area contributed by atoms with Gasteiger partial charge in [-0.2, -0.15) is 0 Å². The van der Waals surface area contributed by atoms with Gasteiger partial charge >= 0.3 is 0 Å². The fraction of sp³-hybridized carbons (Fsp3) is 0.385. The Balaban J connectivity index is 3.00. The first-order valence-electron chi connectivity index (χ1n) is 5.93. The van der Waals surface area contributed by atoms with Crippen LogP contribution >= 0.6 is 35.4 Å². The molecule has 0 aliphatic carbocycles. The van der Waals surface area contributed by atoms with Gasteiger partial charge in [0.2, 0.25) is 5.91 Å². The zero-order valence-electron chi connectivity index (χ0n) is 10.8. The number of halogens is 2. The minimum atomic E-state index is -0.832. The Labute approximate surface area is 128 Å². The highest BCUT2D eigenvalue weighted by Gasteiger charge is 2.38. The third-order valence-electron chi connectivity index (χ3n) is 3.29. The summed E-state index contributed by atoms with van der Waals surface area (Å²) in [5.74, 6) is -0.219. The number of hydrogen-bond acceptors (Lipinski definition) is 2. The summed E-state index contributed by atoms with van der Waals surface area (Å²) in [5.41, 5.74) is 5.46. The van der Waals surface area contributed by atoms with Gasteiger partial charge in [-0.05, 0) is 31.0 Å². The van der Waals surface area contributed by atoms with Crippen molar-refractivity contribution in [2.75, 3.05) is 5.32 Å². The van der Waals surface area contributed by atoms with Gasteiger partial charge in [0.15, 0.2) is 0 Å². The van der Waals surface area contributed by atoms with E-state index >= 15 is 0 Å². The maximum absolute atomic E-state index is 12.4. The van der Waals surface area contributed by atoms with E-state index in [1.54, 1.807) is 18.2 Å². The summed E-state index contributed by atoms with van der Waals surface area (Å²) in [6.45, 7) is 3.77. The number of rotatable bonds is 5. The van der Waals surface area contributed by atoms with Gasteiger partial charge in [0.25, 0.3) is 0 Å². The standard InChI is InChI=1S/C13H16Cl2N2OS/c1-3-13(4-2,11(16)19)12(18)17-8-5-6-9(14)10(15)7-8/h5-7H,3-4H2,1-2H3,(H2,16,19)(H,17,18). The quantitative estimate of drug-likeness (QED) is 0.806. The molecule has 0 bridgehead atoms. The molecule has 104 valence electrons. The number of nitrogens with one attached hydrogen (secondary N) is 1. The molecule has 0 saturated heterocycles. The summed E-state index contributed by atoms with van der Waals surface area (Å²) >= 11 is 16.8. The zero-order valence-corrected chi connectivity index (χ0v) is 13.1. The molecule has 1 aromatic carbocycles. The lowest BCUT2D eigenvalue weighted by Gasteiger charge is -2.28. The molecular weight excluding hydrogens is 303 g/mol. The van der Waals surface area contributed by atoms with Gasteiger partial charge in [-0.15, -0.1) is 0 Å². The van der Waals surface area contributed by atoms with Crippen LogP contribution in [0, 0.1) is 5.41 Å². The number of carbonyl (C=O) groups excluding carboxylic acids is 1. The maximum atomic E-state index is 12.4. The van der Waals surface area contributed by atoms with E-state index < -0.39 is 5.41 Å². The zero-order chi connectivity index (χ0) is 14.6. The summed E-state index contributed by atoms with van der Waals surface area (Å²) in [6, 6.07) is 4.90. The molecule has 3 N–H and O–H groups in total. The number of benzene rings is 1. The molecule has 19 heavy (non-hydrogen) atoms. The Bertz CT molecular complexity index is 501. The van der Waals surface area contributed by atoms with Crippen LogP contribution in [0.4, 0.5) is 5.69 Å². The van der Waals surface area contributed by atoms with Gasteiger partial charge in [0.05, 0.1) is 20.4 Å². The molecule has 0 fully saturated rings. The number of hydrogen-bond donors (Lipinski definition) is 2. The van der Waals surface area contributed by atoms with Crippen molar-refractivity contribution < 1.29 is 4.79 Å². The van der Waals surface area contributed by atoms with Gasteiger partial charge in [0.1, 0.15) is 0 Å². The fourth-order valence-corrected chi connectivity index (χ4v) is 2.54. The summed E-state index contributed by atoms with van der Waals surface area (Å²) in [5, 5.41) is 3.60. The van der Waals surface area contributed by atoms with Crippen molar-refractivity contribution in [1.29, 1.82) is 0 Å². The molecule has 0 radical (unpaired) electrons. The Morgan fingerprint density at radius 3 is 2.32 bits per heavy atom. The molecule has 1 aromatic rings. The van der Waals surface area contributed by atoms with E-state index in [1.807, 2.05) is 13.8 Å². The van der Waals surface area contributed by atoms with Gasteiger partial charge in [-0.25, -0.2) is 0 Å². The summed E-state index contributed by atoms with van der Waals surface area (Å²) in [7, 11) is 0. The predicted molar refractivity (Wildman–Crippen MR) is 84.9 cm³/mol. The fourth-order valence-electron chi connectivity index (χ4n) is 1.86. The third-order valence-corrected chi connectivity index (χ3v) is 4.42. The molecule has 0 unspecified atom stereocenters. The lowest BCUT2D eigenvalue weighted by Crippen LogP contribution is -2.45. The van der Waals surface area contributed by atoms with Crippen molar-refractivity contribution in [1.82, 2.24) is 0 Å². The second kappa shape index (κ2) is 6.55. The van der Waals surface area contributed by atoms with Crippen LogP contribution in [-0.2, 0) is 4.79 Å². The molecule has 1 amide bonds. The molecule has 0 aliphatic heterocycles. The molecule has 0 aliphatic rings. The highest BCUT2D eigenvalue weighted by molar-refractivity contribution is 7.80. The molecule has 0 heterocycles. The summed E-state index contributed by atoms with van der Waals surface area (Å²) < 4.78 is 0. The van der Waals surface area contributed by atoms with Crippen molar-refractivity contribution in [2.24, 2.45) is 11.1 Å². The lowest BCUT2D eigenvalue weighted by molar-refractivity contribution is -0.122. The smallest absolute Gasteiger partial charge is 0.237 e. The van der Waals surface area contributed by atoms with Gasteiger partial charge in [0, 0.05) is 5.69 Å². The monoisotopic (exact) mass is 318 g/mol. The van der Waals surface area contributed by atoms with Crippen LogP contribution in [0.15, 0.2) is 18.2 Å². The second-order valence-electron chi connectivity index (χ2n) is 4.24. The van der Waals surface area contributed by atoms with Gasteiger partial charge in [-0.1, -0.05) is 49.3 Å². The first kappa shape index (κ1) is 16.2. The summed E-state index contributed by atoms with van der Waals surface area (Å²) in [4.78, 5) is 12.6. The normalized spacial score (nSPS) is 11.2. The Kier molecular flexibility index (Phi) is 5.59. The molecule has 0 saturated carbocycles. The number of nitrogens with two attached hydrogens (primary N) is 1. The van der Waals surface area contributed by atoms with Crippen molar-refractivity contribution in [3.8, 4) is 0 Å². The van der Waals surface area contributed by atoms with Crippen molar-refractivity contribution in [3.05, 3.63) is 28.2 Å². The van der Waals surface area contributed by atoms with Crippen molar-refractivity contribution in [2.45, 2.75) is 26.7 Å². The highest BCUT2D eigenvalue weighted by Crippen LogP contribution is 2.30. The molecule has 6 heteroatoms. The number of carbonyl (C=O) groups is 1. The van der Waals surface area contributed by atoms with Crippen LogP contribution in [0.5, 0.6) is 0 Å². The average Bonchev–Trinajstić information content (AvgIpc) is 2.35. The second-order valence-corrected chi connectivity index (χ2v) is 5.49. The van der Waals surface area contributed by atoms with Gasteiger partial charge in [-0.3, -0.25) is 4.79 Å². The van der Waals surface area contributed by atoms with E-state index in [0.29, 0.717) is 28.6 Å². The van der Waals surface area contributed by atoms with Crippen molar-refractivity contribution in [3.63, 3.8) is 0 Å². The van der Waals surface area contributed by atoms with E-state index in [2.05, 4.69) is 5.32 Å². The average molecular weight is 319 g/mol. The summed E-state index contributed by atoms with van der Waals surface area (Å²) in [6.07, 6.45) is 1.10. The lowest BCUT2D eigenvalue weighted by atomic mass is 9.81. The van der Waals surface area contributed by atoms with E-state index in [-0.39, 0.29) is 10.9 Å². The minimum Gasteiger partial charge on any atom is -0.392 e. The molecule has 1 rings (SSSR count). The Hall–Kier alpha value is -0.840. The van der Waals surface area contributed by atoms with Crippen LogP contribution in [0.3, 0.4) is 0 Å². The topological polar surface area (TPSA) is 55.1 Å². The maximum Gasteiger partial charge on any atom is 0.237 e. The third kappa shape index (κ3) is 3.38. The minimum absolute atomic E-state index is 0.204. The number of amides is 1. The van der Waals surface area contributed by atoms with Gasteiger partial charge < -0.3 is 11.1 Å².